The van der Waals surface area contributed by atoms with E-state index >= 15 is 0 Å². The van der Waals surface area contributed by atoms with Gasteiger partial charge in [-0.25, -0.2) is 0 Å². The summed E-state index contributed by atoms with van der Waals surface area (Å²) >= 11 is 0. The highest BCUT2D eigenvalue weighted by Gasteiger charge is 2.19. The monoisotopic (exact) mass is 236 g/mol. The zero-order chi connectivity index (χ0) is 12.8. The van der Waals surface area contributed by atoms with Gasteiger partial charge in [0.25, 0.3) is 0 Å². The highest BCUT2D eigenvalue weighted by atomic mass is 16.6. The quantitative estimate of drug-likeness (QED) is 0.752. The molecule has 0 aliphatic rings. The Labute approximate surface area is 101 Å². The van der Waals surface area contributed by atoms with Crippen LogP contribution in [0.25, 0.3) is 0 Å². The fraction of sp³-hybridized carbons (Fsp3) is 0.385. The molecule has 0 spiro atoms. The van der Waals surface area contributed by atoms with E-state index < -0.39 is 18.0 Å². The molecule has 0 N–H and O–H groups in total. The van der Waals surface area contributed by atoms with Gasteiger partial charge in [0, 0.05) is 6.92 Å². The molecule has 0 bridgehead atoms. The van der Waals surface area contributed by atoms with Crippen molar-refractivity contribution < 1.29 is 19.1 Å². The lowest BCUT2D eigenvalue weighted by molar-refractivity contribution is -0.152. The summed E-state index contributed by atoms with van der Waals surface area (Å²) < 4.78 is 9.71. The van der Waals surface area contributed by atoms with Crippen molar-refractivity contribution in [1.29, 1.82) is 0 Å². The van der Waals surface area contributed by atoms with Crippen LogP contribution >= 0.6 is 0 Å². The molecule has 4 nitrogen and oxygen atoms in total. The molecular formula is C13H16O4. The number of carbonyl (C=O) groups excluding carboxylic acids is 2. The second-order valence-electron chi connectivity index (χ2n) is 3.79. The maximum atomic E-state index is 11.2. The van der Waals surface area contributed by atoms with Crippen LogP contribution in [0.5, 0.6) is 0 Å². The Morgan fingerprint density at radius 3 is 2.59 bits per heavy atom. The first-order valence-corrected chi connectivity index (χ1v) is 5.33. The van der Waals surface area contributed by atoms with E-state index in [1.807, 2.05) is 31.2 Å². The van der Waals surface area contributed by atoms with Gasteiger partial charge in [0.1, 0.15) is 6.10 Å². The van der Waals surface area contributed by atoms with Crippen LogP contribution in [0.15, 0.2) is 24.3 Å². The molecule has 4 heteroatoms. The van der Waals surface area contributed by atoms with Crippen LogP contribution in [0.2, 0.25) is 0 Å². The number of aryl methyl sites for hydroxylation is 1. The highest BCUT2D eigenvalue weighted by Crippen LogP contribution is 2.22. The zero-order valence-electron chi connectivity index (χ0n) is 10.2. The smallest absolute Gasteiger partial charge is 0.309 e. The molecule has 0 amide bonds. The molecule has 0 heterocycles. The number of rotatable bonds is 4. The average Bonchev–Trinajstić information content (AvgIpc) is 2.27. The van der Waals surface area contributed by atoms with Crippen LogP contribution < -0.4 is 0 Å². The average molecular weight is 236 g/mol. The first-order chi connectivity index (χ1) is 8.02. The van der Waals surface area contributed by atoms with Gasteiger partial charge in [-0.1, -0.05) is 29.8 Å². The summed E-state index contributed by atoms with van der Waals surface area (Å²) in [6, 6.07) is 7.50. The van der Waals surface area contributed by atoms with Crippen LogP contribution in [0, 0.1) is 6.92 Å². The molecule has 17 heavy (non-hydrogen) atoms. The predicted molar refractivity (Wildman–Crippen MR) is 62.3 cm³/mol. The minimum absolute atomic E-state index is 0.0273. The number of carbonyl (C=O) groups is 2. The van der Waals surface area contributed by atoms with Gasteiger partial charge in [-0.05, 0) is 12.5 Å². The Morgan fingerprint density at radius 1 is 1.35 bits per heavy atom. The third-order valence-electron chi connectivity index (χ3n) is 2.30. The normalized spacial score (nSPS) is 11.7. The Bertz CT molecular complexity index is 412. The minimum Gasteiger partial charge on any atom is -0.469 e. The number of methoxy groups -OCH3 is 1. The van der Waals surface area contributed by atoms with Crippen LogP contribution in [0.4, 0.5) is 0 Å². The van der Waals surface area contributed by atoms with Crippen LogP contribution in [-0.4, -0.2) is 19.0 Å². The number of esters is 2. The van der Waals surface area contributed by atoms with Crippen molar-refractivity contribution in [2.75, 3.05) is 7.11 Å². The Morgan fingerprint density at radius 2 is 2.06 bits per heavy atom. The summed E-state index contributed by atoms with van der Waals surface area (Å²) in [5.41, 5.74) is 1.84. The van der Waals surface area contributed by atoms with Gasteiger partial charge in [-0.2, -0.15) is 0 Å². The SMILES string of the molecule is COC(=O)CC(OC(C)=O)c1cccc(C)c1. The van der Waals surface area contributed by atoms with Gasteiger partial charge < -0.3 is 9.47 Å². The highest BCUT2D eigenvalue weighted by molar-refractivity contribution is 5.71. The topological polar surface area (TPSA) is 52.6 Å². The largest absolute Gasteiger partial charge is 0.469 e. The van der Waals surface area contributed by atoms with E-state index in [2.05, 4.69) is 4.74 Å². The number of hydrogen-bond donors (Lipinski definition) is 0. The summed E-state index contributed by atoms with van der Waals surface area (Å²) in [6.45, 7) is 3.26. The summed E-state index contributed by atoms with van der Waals surface area (Å²) in [5.74, 6) is -0.821. The van der Waals surface area contributed by atoms with Crippen molar-refractivity contribution in [3.8, 4) is 0 Å². The molecule has 0 radical (unpaired) electrons. The Kier molecular flexibility index (Phi) is 4.69. The van der Waals surface area contributed by atoms with Gasteiger partial charge in [-0.3, -0.25) is 9.59 Å². The molecule has 1 rings (SSSR count). The molecule has 0 aliphatic heterocycles. The molecule has 1 unspecified atom stereocenters. The number of ether oxygens (including phenoxy) is 2. The van der Waals surface area contributed by atoms with E-state index in [4.69, 9.17) is 4.74 Å². The van der Waals surface area contributed by atoms with Crippen molar-refractivity contribution in [1.82, 2.24) is 0 Å². The molecule has 0 aliphatic carbocycles. The fourth-order valence-electron chi connectivity index (χ4n) is 1.53. The molecular weight excluding hydrogens is 220 g/mol. The lowest BCUT2D eigenvalue weighted by Gasteiger charge is -2.16. The van der Waals surface area contributed by atoms with E-state index in [1.165, 1.54) is 14.0 Å². The van der Waals surface area contributed by atoms with Crippen molar-refractivity contribution in [3.05, 3.63) is 35.4 Å². The van der Waals surface area contributed by atoms with E-state index in [9.17, 15) is 9.59 Å². The number of benzene rings is 1. The zero-order valence-corrected chi connectivity index (χ0v) is 10.2. The standard InChI is InChI=1S/C13H16O4/c1-9-5-4-6-11(7-9)12(17-10(2)14)8-13(15)16-3/h4-7,12H,8H2,1-3H3. The van der Waals surface area contributed by atoms with E-state index in [-0.39, 0.29) is 6.42 Å². The summed E-state index contributed by atoms with van der Waals surface area (Å²) in [5, 5.41) is 0. The van der Waals surface area contributed by atoms with Crippen molar-refractivity contribution in [2.45, 2.75) is 26.4 Å². The Balaban J connectivity index is 2.89. The Hall–Kier alpha value is -1.84. The third kappa shape index (κ3) is 4.26. The minimum atomic E-state index is -0.583. The molecule has 0 saturated heterocycles. The maximum Gasteiger partial charge on any atom is 0.309 e. The first-order valence-electron chi connectivity index (χ1n) is 5.33. The first kappa shape index (κ1) is 13.2. The summed E-state index contributed by atoms with van der Waals surface area (Å²) in [6.07, 6.45) is -0.556. The van der Waals surface area contributed by atoms with Crippen molar-refractivity contribution in [2.24, 2.45) is 0 Å². The van der Waals surface area contributed by atoms with Gasteiger partial charge >= 0.3 is 11.9 Å². The third-order valence-corrected chi connectivity index (χ3v) is 2.30. The molecule has 92 valence electrons. The molecule has 1 aromatic rings. The molecule has 0 aromatic heterocycles. The molecule has 1 atom stereocenters. The van der Waals surface area contributed by atoms with Gasteiger partial charge in [-0.15, -0.1) is 0 Å². The molecule has 0 saturated carbocycles. The number of hydrogen-bond acceptors (Lipinski definition) is 4. The van der Waals surface area contributed by atoms with Crippen LogP contribution in [-0.2, 0) is 19.1 Å². The van der Waals surface area contributed by atoms with Crippen LogP contribution in [0.3, 0.4) is 0 Å². The van der Waals surface area contributed by atoms with Crippen LogP contribution in [0.1, 0.15) is 30.6 Å². The van der Waals surface area contributed by atoms with E-state index in [0.717, 1.165) is 11.1 Å². The summed E-state index contributed by atoms with van der Waals surface area (Å²) in [4.78, 5) is 22.3. The molecule has 0 fully saturated rings. The fourth-order valence-corrected chi connectivity index (χ4v) is 1.53. The van der Waals surface area contributed by atoms with Gasteiger partial charge in [0.05, 0.1) is 13.5 Å². The van der Waals surface area contributed by atoms with Crippen molar-refractivity contribution >= 4 is 11.9 Å². The van der Waals surface area contributed by atoms with E-state index in [1.54, 1.807) is 0 Å². The molecule has 1 aromatic carbocycles. The predicted octanol–water partition coefficient (Wildman–Crippen LogP) is 2.16. The second kappa shape index (κ2) is 6.03. The van der Waals surface area contributed by atoms with E-state index in [0.29, 0.717) is 0 Å². The lowest BCUT2D eigenvalue weighted by Crippen LogP contribution is -2.14. The maximum absolute atomic E-state index is 11.2. The lowest BCUT2D eigenvalue weighted by atomic mass is 10.0. The van der Waals surface area contributed by atoms with Crippen molar-refractivity contribution in [3.63, 3.8) is 0 Å². The van der Waals surface area contributed by atoms with Gasteiger partial charge in [0.15, 0.2) is 0 Å². The summed E-state index contributed by atoms with van der Waals surface area (Å²) in [7, 11) is 1.31. The van der Waals surface area contributed by atoms with Gasteiger partial charge in [0.2, 0.25) is 0 Å². The second-order valence-corrected chi connectivity index (χ2v) is 3.79.